The molecular formula is C15H19F3N2O2. The van der Waals surface area contributed by atoms with E-state index in [0.717, 1.165) is 18.9 Å². The Balaban J connectivity index is 1.71. The van der Waals surface area contributed by atoms with Gasteiger partial charge in [-0.15, -0.1) is 0 Å². The first-order chi connectivity index (χ1) is 10.4. The molecule has 1 spiro atoms. The van der Waals surface area contributed by atoms with Crippen molar-refractivity contribution in [3.63, 3.8) is 0 Å². The normalized spacial score (nSPS) is 25.5. The van der Waals surface area contributed by atoms with Gasteiger partial charge in [0.2, 0.25) is 0 Å². The van der Waals surface area contributed by atoms with Gasteiger partial charge in [0.05, 0.1) is 11.7 Å². The predicted octanol–water partition coefficient (Wildman–Crippen LogP) is 2.61. The van der Waals surface area contributed by atoms with E-state index in [9.17, 15) is 18.3 Å². The van der Waals surface area contributed by atoms with Crippen molar-refractivity contribution in [3.05, 3.63) is 23.9 Å². The molecule has 0 aromatic carbocycles. The molecule has 0 saturated carbocycles. The molecule has 2 fully saturated rings. The van der Waals surface area contributed by atoms with Crippen molar-refractivity contribution < 1.29 is 23.0 Å². The van der Waals surface area contributed by atoms with Gasteiger partial charge in [-0.25, -0.2) is 4.98 Å². The molecule has 1 N–H and O–H groups in total. The maximum atomic E-state index is 12.7. The average Bonchev–Trinajstić information content (AvgIpc) is 2.51. The first kappa shape index (κ1) is 15.6. The summed E-state index contributed by atoms with van der Waals surface area (Å²) in [4.78, 5) is 5.54. The fourth-order valence-corrected chi connectivity index (χ4v) is 3.26. The second kappa shape index (κ2) is 5.70. The highest BCUT2D eigenvalue weighted by atomic mass is 19.4. The molecule has 1 aromatic heterocycles. The first-order valence-corrected chi connectivity index (χ1v) is 7.52. The van der Waals surface area contributed by atoms with E-state index in [-0.39, 0.29) is 0 Å². The van der Waals surface area contributed by atoms with Crippen LogP contribution in [0.3, 0.4) is 0 Å². The standard InChI is InChI=1S/C15H19F3N2O2/c16-15(17,18)11-3-1-5-13(19-11)20-8-6-14(7-9-20)12(21)4-2-10-22-14/h1,3,5,12,21H,2,4,6-10H2/t12-/m0/s1. The van der Waals surface area contributed by atoms with Crippen LogP contribution in [-0.4, -0.2) is 41.5 Å². The van der Waals surface area contributed by atoms with Crippen molar-refractivity contribution in [1.82, 2.24) is 4.98 Å². The van der Waals surface area contributed by atoms with Crippen molar-refractivity contribution in [2.24, 2.45) is 0 Å². The number of nitrogens with zero attached hydrogens (tertiary/aromatic N) is 2. The number of pyridine rings is 1. The van der Waals surface area contributed by atoms with Crippen LogP contribution in [-0.2, 0) is 10.9 Å². The van der Waals surface area contributed by atoms with Crippen LogP contribution < -0.4 is 4.90 Å². The number of hydrogen-bond acceptors (Lipinski definition) is 4. The molecule has 0 bridgehead atoms. The molecule has 3 rings (SSSR count). The average molecular weight is 316 g/mol. The largest absolute Gasteiger partial charge is 0.433 e. The SMILES string of the molecule is O[C@H]1CCCOC12CCN(c1cccc(C(F)(F)F)n1)CC2. The van der Waals surface area contributed by atoms with Crippen LogP contribution in [0.1, 0.15) is 31.4 Å². The number of halogens is 3. The Labute approximate surface area is 126 Å². The summed E-state index contributed by atoms with van der Waals surface area (Å²) in [5.74, 6) is 0.329. The van der Waals surface area contributed by atoms with Crippen LogP contribution in [0.4, 0.5) is 19.0 Å². The highest BCUT2D eigenvalue weighted by molar-refractivity contribution is 5.40. The van der Waals surface area contributed by atoms with Gasteiger partial charge in [-0.05, 0) is 37.8 Å². The number of ether oxygens (including phenoxy) is 1. The smallest absolute Gasteiger partial charge is 0.390 e. The second-order valence-electron chi connectivity index (χ2n) is 5.94. The number of aliphatic hydroxyl groups is 1. The predicted molar refractivity (Wildman–Crippen MR) is 74.6 cm³/mol. The van der Waals surface area contributed by atoms with E-state index in [4.69, 9.17) is 4.74 Å². The maximum Gasteiger partial charge on any atom is 0.433 e. The molecule has 1 aromatic rings. The van der Waals surface area contributed by atoms with Gasteiger partial charge in [-0.3, -0.25) is 0 Å². The third kappa shape index (κ3) is 2.92. The number of piperidine rings is 1. The van der Waals surface area contributed by atoms with Crippen LogP contribution in [0.2, 0.25) is 0 Å². The fraction of sp³-hybridized carbons (Fsp3) is 0.667. The molecule has 0 amide bonds. The highest BCUT2D eigenvalue weighted by Gasteiger charge is 2.44. The van der Waals surface area contributed by atoms with Gasteiger partial charge >= 0.3 is 6.18 Å². The minimum Gasteiger partial charge on any atom is -0.390 e. The summed E-state index contributed by atoms with van der Waals surface area (Å²) >= 11 is 0. The summed E-state index contributed by atoms with van der Waals surface area (Å²) in [7, 11) is 0. The van der Waals surface area contributed by atoms with Crippen LogP contribution in [0, 0.1) is 0 Å². The van der Waals surface area contributed by atoms with Gasteiger partial charge in [0.25, 0.3) is 0 Å². The molecule has 2 aliphatic heterocycles. The third-order valence-corrected chi connectivity index (χ3v) is 4.58. The summed E-state index contributed by atoms with van der Waals surface area (Å²) < 4.78 is 44.0. The molecule has 3 heterocycles. The zero-order valence-corrected chi connectivity index (χ0v) is 12.1. The van der Waals surface area contributed by atoms with Crippen LogP contribution in [0.5, 0.6) is 0 Å². The van der Waals surface area contributed by atoms with Crippen LogP contribution in [0.25, 0.3) is 0 Å². The monoisotopic (exact) mass is 316 g/mol. The third-order valence-electron chi connectivity index (χ3n) is 4.58. The molecule has 0 aliphatic carbocycles. The summed E-state index contributed by atoms with van der Waals surface area (Å²) in [6.45, 7) is 1.70. The molecule has 7 heteroatoms. The van der Waals surface area contributed by atoms with E-state index < -0.39 is 23.6 Å². The zero-order chi connectivity index (χ0) is 15.8. The maximum absolute atomic E-state index is 12.7. The molecule has 2 saturated heterocycles. The quantitative estimate of drug-likeness (QED) is 0.865. The summed E-state index contributed by atoms with van der Waals surface area (Å²) in [5.41, 5.74) is -1.41. The lowest BCUT2D eigenvalue weighted by Gasteiger charge is -2.47. The minimum absolute atomic E-state index is 0.329. The van der Waals surface area contributed by atoms with Crippen molar-refractivity contribution >= 4 is 5.82 Å². The lowest BCUT2D eigenvalue weighted by molar-refractivity contribution is -0.164. The minimum atomic E-state index is -4.43. The molecule has 4 nitrogen and oxygen atoms in total. The molecule has 0 radical (unpaired) electrons. The Hall–Kier alpha value is -1.34. The van der Waals surface area contributed by atoms with Gasteiger partial charge in [0.15, 0.2) is 0 Å². The number of hydrogen-bond donors (Lipinski definition) is 1. The molecule has 0 unspecified atom stereocenters. The Bertz CT molecular complexity index is 528. The number of aliphatic hydroxyl groups excluding tert-OH is 1. The topological polar surface area (TPSA) is 45.6 Å². The highest BCUT2D eigenvalue weighted by Crippen LogP contribution is 2.36. The van der Waals surface area contributed by atoms with E-state index in [0.29, 0.717) is 38.4 Å². The fourth-order valence-electron chi connectivity index (χ4n) is 3.26. The Morgan fingerprint density at radius 2 is 2.00 bits per heavy atom. The van der Waals surface area contributed by atoms with Gasteiger partial charge in [0, 0.05) is 19.7 Å². The zero-order valence-electron chi connectivity index (χ0n) is 12.1. The summed E-state index contributed by atoms with van der Waals surface area (Å²) in [5, 5.41) is 10.2. The van der Waals surface area contributed by atoms with E-state index in [2.05, 4.69) is 4.98 Å². The van der Waals surface area contributed by atoms with E-state index in [1.807, 2.05) is 4.90 Å². The van der Waals surface area contributed by atoms with Gasteiger partial charge in [-0.1, -0.05) is 6.07 Å². The van der Waals surface area contributed by atoms with Gasteiger partial charge < -0.3 is 14.7 Å². The van der Waals surface area contributed by atoms with Crippen molar-refractivity contribution in [2.75, 3.05) is 24.6 Å². The van der Waals surface area contributed by atoms with Gasteiger partial charge in [-0.2, -0.15) is 13.2 Å². The number of anilines is 1. The molecule has 1 atom stereocenters. The number of aromatic nitrogens is 1. The van der Waals surface area contributed by atoms with E-state index >= 15 is 0 Å². The first-order valence-electron chi connectivity index (χ1n) is 7.52. The van der Waals surface area contributed by atoms with Crippen molar-refractivity contribution in [3.8, 4) is 0 Å². The molecular weight excluding hydrogens is 297 g/mol. The second-order valence-corrected chi connectivity index (χ2v) is 5.94. The summed E-state index contributed by atoms with van der Waals surface area (Å²) in [6, 6.07) is 3.94. The van der Waals surface area contributed by atoms with E-state index in [1.165, 1.54) is 6.07 Å². The molecule has 122 valence electrons. The Morgan fingerprint density at radius 3 is 2.64 bits per heavy atom. The number of rotatable bonds is 1. The van der Waals surface area contributed by atoms with E-state index in [1.54, 1.807) is 6.07 Å². The molecule has 2 aliphatic rings. The van der Waals surface area contributed by atoms with Crippen molar-refractivity contribution in [2.45, 2.75) is 43.6 Å². The Kier molecular flexibility index (Phi) is 4.03. The van der Waals surface area contributed by atoms with Crippen LogP contribution in [0.15, 0.2) is 18.2 Å². The van der Waals surface area contributed by atoms with Crippen molar-refractivity contribution in [1.29, 1.82) is 0 Å². The lowest BCUT2D eigenvalue weighted by Crippen LogP contribution is -2.55. The Morgan fingerprint density at radius 1 is 1.27 bits per heavy atom. The lowest BCUT2D eigenvalue weighted by atomic mass is 9.82. The van der Waals surface area contributed by atoms with Crippen LogP contribution >= 0.6 is 0 Å². The molecule has 22 heavy (non-hydrogen) atoms. The number of alkyl halides is 3. The summed E-state index contributed by atoms with van der Waals surface area (Å²) in [6.07, 6.45) is -2.14. The van der Waals surface area contributed by atoms with Gasteiger partial charge in [0.1, 0.15) is 11.5 Å².